The maximum atomic E-state index is 10.7. The molecule has 18 heavy (non-hydrogen) atoms. The molecule has 1 aromatic heterocycles. The van der Waals surface area contributed by atoms with Crippen molar-refractivity contribution in [3.63, 3.8) is 0 Å². The number of imidazole rings is 1. The molecule has 1 fully saturated rings. The highest BCUT2D eigenvalue weighted by molar-refractivity contribution is 5.06. The molecular weight excluding hydrogens is 230 g/mol. The zero-order valence-corrected chi connectivity index (χ0v) is 11.5. The first-order valence-corrected chi connectivity index (χ1v) is 6.57. The second-order valence-electron chi connectivity index (χ2n) is 5.11. The van der Waals surface area contributed by atoms with Gasteiger partial charge in [0.1, 0.15) is 11.9 Å². The van der Waals surface area contributed by atoms with Gasteiger partial charge < -0.3 is 14.4 Å². The number of hydrogen-bond donors (Lipinski definition) is 1. The van der Waals surface area contributed by atoms with E-state index in [9.17, 15) is 5.11 Å². The smallest absolute Gasteiger partial charge is 0.139 e. The molecule has 0 saturated carbocycles. The van der Waals surface area contributed by atoms with Gasteiger partial charge in [0.15, 0.2) is 0 Å². The van der Waals surface area contributed by atoms with E-state index in [1.54, 1.807) is 6.20 Å². The predicted molar refractivity (Wildman–Crippen MR) is 69.3 cm³/mol. The summed E-state index contributed by atoms with van der Waals surface area (Å²) >= 11 is 0. The van der Waals surface area contributed by atoms with Crippen molar-refractivity contribution in [2.24, 2.45) is 7.05 Å². The minimum Gasteiger partial charge on any atom is -0.383 e. The predicted octanol–water partition coefficient (Wildman–Crippen LogP) is 0.954. The van der Waals surface area contributed by atoms with Crippen LogP contribution in [0.15, 0.2) is 12.4 Å². The van der Waals surface area contributed by atoms with Gasteiger partial charge in [-0.2, -0.15) is 0 Å². The summed E-state index contributed by atoms with van der Waals surface area (Å²) in [6.45, 7) is 7.43. The van der Waals surface area contributed by atoms with Gasteiger partial charge in [-0.25, -0.2) is 4.98 Å². The number of nitrogens with zero attached hydrogens (tertiary/aromatic N) is 3. The van der Waals surface area contributed by atoms with Crippen LogP contribution in [0.2, 0.25) is 0 Å². The first-order chi connectivity index (χ1) is 8.59. The Balaban J connectivity index is 2.22. The molecule has 0 radical (unpaired) electrons. The molecule has 2 heterocycles. The molecule has 0 aliphatic carbocycles. The van der Waals surface area contributed by atoms with Gasteiger partial charge in [0, 0.05) is 32.5 Å². The Labute approximate surface area is 108 Å². The van der Waals surface area contributed by atoms with E-state index in [-0.39, 0.29) is 5.54 Å². The number of ether oxygens (including phenoxy) is 1. The van der Waals surface area contributed by atoms with Crippen molar-refractivity contribution in [1.82, 2.24) is 14.5 Å². The first-order valence-electron chi connectivity index (χ1n) is 6.57. The van der Waals surface area contributed by atoms with Crippen molar-refractivity contribution < 1.29 is 9.84 Å². The molecule has 1 aromatic rings. The molecule has 102 valence electrons. The zero-order valence-electron chi connectivity index (χ0n) is 11.5. The fraction of sp³-hybridized carbons (Fsp3) is 0.769. The Morgan fingerprint density at radius 2 is 2.17 bits per heavy atom. The van der Waals surface area contributed by atoms with Crippen LogP contribution >= 0.6 is 0 Å². The Hall–Kier alpha value is -0.910. The van der Waals surface area contributed by atoms with E-state index in [4.69, 9.17) is 4.74 Å². The van der Waals surface area contributed by atoms with Crippen LogP contribution in [-0.4, -0.2) is 51.4 Å². The average Bonchev–Trinajstić information content (AvgIpc) is 2.84. The molecule has 2 rings (SSSR count). The summed E-state index contributed by atoms with van der Waals surface area (Å²) in [5.74, 6) is 0.728. The van der Waals surface area contributed by atoms with Gasteiger partial charge in [-0.1, -0.05) is 6.92 Å². The zero-order chi connectivity index (χ0) is 13.2. The van der Waals surface area contributed by atoms with Gasteiger partial charge in [-0.3, -0.25) is 4.90 Å². The highest BCUT2D eigenvalue weighted by Crippen LogP contribution is 2.33. The van der Waals surface area contributed by atoms with Crippen molar-refractivity contribution >= 4 is 0 Å². The summed E-state index contributed by atoms with van der Waals surface area (Å²) in [4.78, 5) is 6.59. The monoisotopic (exact) mass is 253 g/mol. The topological polar surface area (TPSA) is 50.5 Å². The normalized spacial score (nSPS) is 22.7. The van der Waals surface area contributed by atoms with Crippen LogP contribution in [-0.2, 0) is 11.8 Å². The minimum atomic E-state index is -0.583. The molecule has 0 amide bonds. The molecule has 2 unspecified atom stereocenters. The van der Waals surface area contributed by atoms with Crippen LogP contribution < -0.4 is 0 Å². The van der Waals surface area contributed by atoms with Crippen molar-refractivity contribution in [3.8, 4) is 0 Å². The molecule has 1 saturated heterocycles. The van der Waals surface area contributed by atoms with Crippen molar-refractivity contribution in [1.29, 1.82) is 0 Å². The minimum absolute atomic E-state index is 0.289. The third-order valence-corrected chi connectivity index (χ3v) is 4.14. The van der Waals surface area contributed by atoms with Gasteiger partial charge in [0.05, 0.1) is 18.8 Å². The summed E-state index contributed by atoms with van der Waals surface area (Å²) < 4.78 is 7.28. The van der Waals surface area contributed by atoms with Crippen molar-refractivity contribution in [3.05, 3.63) is 18.2 Å². The number of morpholine rings is 1. The molecule has 0 bridgehead atoms. The van der Waals surface area contributed by atoms with Gasteiger partial charge in [0.2, 0.25) is 0 Å². The third-order valence-electron chi connectivity index (χ3n) is 4.14. The van der Waals surface area contributed by atoms with Crippen LogP contribution in [0.5, 0.6) is 0 Å². The number of aryl methyl sites for hydroxylation is 1. The van der Waals surface area contributed by atoms with Crippen molar-refractivity contribution in [2.75, 3.05) is 26.3 Å². The quantitative estimate of drug-likeness (QED) is 0.868. The molecule has 1 N–H and O–H groups in total. The lowest BCUT2D eigenvalue weighted by atomic mass is 9.88. The van der Waals surface area contributed by atoms with Crippen LogP contribution in [0.25, 0.3) is 0 Å². The summed E-state index contributed by atoms with van der Waals surface area (Å²) in [7, 11) is 1.92. The first kappa shape index (κ1) is 13.5. The number of rotatable bonds is 4. The Bertz CT molecular complexity index is 387. The molecule has 5 heteroatoms. The lowest BCUT2D eigenvalue weighted by Crippen LogP contribution is -2.55. The average molecular weight is 253 g/mol. The van der Waals surface area contributed by atoms with Gasteiger partial charge in [-0.15, -0.1) is 0 Å². The Morgan fingerprint density at radius 1 is 1.50 bits per heavy atom. The fourth-order valence-corrected chi connectivity index (χ4v) is 2.58. The highest BCUT2D eigenvalue weighted by Gasteiger charge is 2.40. The van der Waals surface area contributed by atoms with Crippen LogP contribution in [0.3, 0.4) is 0 Å². The van der Waals surface area contributed by atoms with Gasteiger partial charge in [-0.05, 0) is 13.3 Å². The second kappa shape index (κ2) is 5.38. The summed E-state index contributed by atoms with van der Waals surface area (Å²) in [5, 5.41) is 10.7. The maximum Gasteiger partial charge on any atom is 0.139 e. The van der Waals surface area contributed by atoms with E-state index >= 15 is 0 Å². The Morgan fingerprint density at radius 3 is 2.67 bits per heavy atom. The van der Waals surface area contributed by atoms with E-state index in [0.29, 0.717) is 0 Å². The van der Waals surface area contributed by atoms with Crippen molar-refractivity contribution in [2.45, 2.75) is 31.9 Å². The van der Waals surface area contributed by atoms with Crippen LogP contribution in [0.1, 0.15) is 32.2 Å². The number of hydrogen-bond acceptors (Lipinski definition) is 4. The van der Waals surface area contributed by atoms with E-state index in [2.05, 4.69) is 23.7 Å². The second-order valence-corrected chi connectivity index (χ2v) is 5.11. The third kappa shape index (κ3) is 2.30. The largest absolute Gasteiger partial charge is 0.383 e. The number of aromatic nitrogens is 2. The number of aliphatic hydroxyl groups excluding tert-OH is 1. The molecule has 2 atom stereocenters. The SMILES string of the molecule is CCC(C)(C(O)c1nccn1C)N1CCOCC1. The summed E-state index contributed by atoms with van der Waals surface area (Å²) in [6.07, 6.45) is 3.89. The number of aliphatic hydroxyl groups is 1. The fourth-order valence-electron chi connectivity index (χ4n) is 2.58. The van der Waals surface area contributed by atoms with Crippen LogP contribution in [0, 0.1) is 0 Å². The van der Waals surface area contributed by atoms with E-state index < -0.39 is 6.10 Å². The highest BCUT2D eigenvalue weighted by atomic mass is 16.5. The molecule has 1 aliphatic heterocycles. The van der Waals surface area contributed by atoms with E-state index in [1.165, 1.54) is 0 Å². The van der Waals surface area contributed by atoms with Gasteiger partial charge >= 0.3 is 0 Å². The molecule has 0 aromatic carbocycles. The standard InChI is InChI=1S/C13H23N3O2/c1-4-13(2,16-7-9-18-10-8-16)11(17)12-14-5-6-15(12)3/h5-6,11,17H,4,7-10H2,1-3H3. The molecule has 0 spiro atoms. The molecular formula is C13H23N3O2. The summed E-state index contributed by atoms with van der Waals surface area (Å²) in [5.41, 5.74) is -0.289. The van der Waals surface area contributed by atoms with E-state index in [0.717, 1.165) is 38.5 Å². The maximum absolute atomic E-state index is 10.7. The summed E-state index contributed by atoms with van der Waals surface area (Å²) in [6, 6.07) is 0. The lowest BCUT2D eigenvalue weighted by molar-refractivity contribution is -0.0767. The molecule has 1 aliphatic rings. The van der Waals surface area contributed by atoms with E-state index in [1.807, 2.05) is 17.8 Å². The van der Waals surface area contributed by atoms with Crippen LogP contribution in [0.4, 0.5) is 0 Å². The Kier molecular flexibility index (Phi) is 4.04. The molecule has 5 nitrogen and oxygen atoms in total. The van der Waals surface area contributed by atoms with Gasteiger partial charge in [0.25, 0.3) is 0 Å². The lowest BCUT2D eigenvalue weighted by Gasteiger charge is -2.45.